The quantitative estimate of drug-likeness (QED) is 0.546. The molecule has 0 aromatic carbocycles. The maximum Gasteiger partial charge on any atom is 0.425 e. The molecule has 1 aliphatic carbocycles. The van der Waals surface area contributed by atoms with Gasteiger partial charge in [0, 0.05) is 30.4 Å². The van der Waals surface area contributed by atoms with Crippen LogP contribution in [0.4, 0.5) is 13.2 Å². The molecule has 1 atom stereocenters. The Bertz CT molecular complexity index is 963. The van der Waals surface area contributed by atoms with E-state index in [1.54, 1.807) is 0 Å². The SMILES string of the molecule is Cc1nnc(CC(=O)NC2CCC(CCN3CCc4nc(O[C@H](C)C(F)(F)F)sc4CC3)CC2)s1. The van der Waals surface area contributed by atoms with Gasteiger partial charge in [-0.05, 0) is 64.8 Å². The average Bonchev–Trinajstić information content (AvgIpc) is 3.33. The molecule has 1 saturated carbocycles. The average molecular weight is 532 g/mol. The minimum Gasteiger partial charge on any atom is -0.457 e. The van der Waals surface area contributed by atoms with Crippen molar-refractivity contribution in [3.05, 3.63) is 20.6 Å². The summed E-state index contributed by atoms with van der Waals surface area (Å²) in [5.41, 5.74) is 0.877. The maximum absolute atomic E-state index is 12.8. The molecule has 4 rings (SSSR count). The van der Waals surface area contributed by atoms with Gasteiger partial charge < -0.3 is 15.0 Å². The standard InChI is InChI=1S/C23H32F3N5O2S2/c1-14(23(24,25)26)33-22-28-18-8-11-31(12-9-19(18)35-22)10-7-16-3-5-17(6-4-16)27-20(32)13-21-30-29-15(2)34-21/h14,16-17H,3-13H2,1-2H3,(H,27,32)/t14-,16?,17?/m1/s1. The third kappa shape index (κ3) is 7.60. The van der Waals surface area contributed by atoms with Gasteiger partial charge in [-0.3, -0.25) is 4.79 Å². The van der Waals surface area contributed by atoms with Crippen LogP contribution in [0.1, 0.15) is 59.6 Å². The summed E-state index contributed by atoms with van der Waals surface area (Å²) >= 11 is 2.71. The van der Waals surface area contributed by atoms with Crippen LogP contribution in [-0.2, 0) is 24.1 Å². The summed E-state index contributed by atoms with van der Waals surface area (Å²) < 4.78 is 43.3. The van der Waals surface area contributed by atoms with E-state index in [0.717, 1.165) is 92.1 Å². The van der Waals surface area contributed by atoms with Crippen LogP contribution in [0.5, 0.6) is 5.19 Å². The fourth-order valence-corrected chi connectivity index (χ4v) is 6.39. The second-order valence-electron chi connectivity index (χ2n) is 9.46. The number of amides is 1. The molecular formula is C23H32F3N5O2S2. The van der Waals surface area contributed by atoms with Gasteiger partial charge in [-0.15, -0.1) is 21.5 Å². The fraction of sp³-hybridized carbons (Fsp3) is 0.739. The molecule has 2 aromatic heterocycles. The predicted molar refractivity (Wildman–Crippen MR) is 129 cm³/mol. The van der Waals surface area contributed by atoms with Crippen molar-refractivity contribution in [3.63, 3.8) is 0 Å². The zero-order valence-electron chi connectivity index (χ0n) is 20.1. The lowest BCUT2D eigenvalue weighted by Crippen LogP contribution is -2.39. The number of thiazole rings is 1. The minimum atomic E-state index is -4.39. The van der Waals surface area contributed by atoms with Crippen LogP contribution in [0.3, 0.4) is 0 Å². The van der Waals surface area contributed by atoms with Crippen molar-refractivity contribution in [1.29, 1.82) is 0 Å². The number of nitrogens with zero attached hydrogens (tertiary/aromatic N) is 4. The Balaban J connectivity index is 1.14. The molecule has 1 N–H and O–H groups in total. The Morgan fingerprint density at radius 2 is 1.91 bits per heavy atom. The first-order chi connectivity index (χ1) is 16.7. The third-order valence-electron chi connectivity index (χ3n) is 6.76. The van der Waals surface area contributed by atoms with Crippen molar-refractivity contribution >= 4 is 28.6 Å². The zero-order chi connectivity index (χ0) is 25.0. The Morgan fingerprint density at radius 3 is 2.60 bits per heavy atom. The highest BCUT2D eigenvalue weighted by Gasteiger charge is 2.39. The highest BCUT2D eigenvalue weighted by molar-refractivity contribution is 7.13. The van der Waals surface area contributed by atoms with E-state index in [4.69, 9.17) is 4.74 Å². The van der Waals surface area contributed by atoms with E-state index in [9.17, 15) is 18.0 Å². The smallest absolute Gasteiger partial charge is 0.425 e. The number of carbonyl (C=O) groups is 1. The highest BCUT2D eigenvalue weighted by atomic mass is 32.1. The molecule has 3 heterocycles. The largest absolute Gasteiger partial charge is 0.457 e. The molecule has 1 fully saturated rings. The van der Waals surface area contributed by atoms with Crippen LogP contribution in [-0.4, -0.2) is 63.9 Å². The first kappa shape index (κ1) is 26.3. The molecular weight excluding hydrogens is 499 g/mol. The van der Waals surface area contributed by atoms with Gasteiger partial charge in [0.15, 0.2) is 6.10 Å². The molecule has 1 amide bonds. The number of rotatable bonds is 8. The molecule has 0 bridgehead atoms. The van der Waals surface area contributed by atoms with Crippen molar-refractivity contribution < 1.29 is 22.7 Å². The van der Waals surface area contributed by atoms with Crippen molar-refractivity contribution in [1.82, 2.24) is 25.4 Å². The second kappa shape index (κ2) is 11.5. The Morgan fingerprint density at radius 1 is 1.17 bits per heavy atom. The van der Waals surface area contributed by atoms with Crippen LogP contribution in [0.25, 0.3) is 0 Å². The van der Waals surface area contributed by atoms with Gasteiger partial charge in [-0.2, -0.15) is 13.2 Å². The number of hydrogen-bond donors (Lipinski definition) is 1. The number of nitrogens with one attached hydrogen (secondary N) is 1. The first-order valence-corrected chi connectivity index (χ1v) is 13.8. The molecule has 194 valence electrons. The van der Waals surface area contributed by atoms with Gasteiger partial charge >= 0.3 is 6.18 Å². The lowest BCUT2D eigenvalue weighted by Gasteiger charge is -2.30. The topological polar surface area (TPSA) is 80.2 Å². The van der Waals surface area contributed by atoms with Gasteiger partial charge in [0.1, 0.15) is 10.0 Å². The molecule has 1 aliphatic heterocycles. The van der Waals surface area contributed by atoms with E-state index >= 15 is 0 Å². The van der Waals surface area contributed by atoms with Gasteiger partial charge in [-0.1, -0.05) is 11.3 Å². The number of fused-ring (bicyclic) bond motifs is 1. The number of halogens is 3. The fourth-order valence-electron chi connectivity index (χ4n) is 4.66. The number of ether oxygens (including phenoxy) is 1. The Hall–Kier alpha value is -1.79. The van der Waals surface area contributed by atoms with E-state index in [2.05, 4.69) is 25.4 Å². The predicted octanol–water partition coefficient (Wildman–Crippen LogP) is 4.34. The van der Waals surface area contributed by atoms with Crippen LogP contribution >= 0.6 is 22.7 Å². The molecule has 2 aromatic rings. The zero-order valence-corrected chi connectivity index (χ0v) is 21.7. The van der Waals surface area contributed by atoms with Gasteiger partial charge in [-0.25, -0.2) is 4.98 Å². The van der Waals surface area contributed by atoms with Crippen molar-refractivity contribution in [3.8, 4) is 5.19 Å². The molecule has 2 aliphatic rings. The van der Waals surface area contributed by atoms with Gasteiger partial charge in [0.25, 0.3) is 5.19 Å². The summed E-state index contributed by atoms with van der Waals surface area (Å²) in [4.78, 5) is 20.1. The lowest BCUT2D eigenvalue weighted by atomic mass is 9.84. The van der Waals surface area contributed by atoms with Crippen molar-refractivity contribution in [2.24, 2.45) is 5.92 Å². The lowest BCUT2D eigenvalue weighted by molar-refractivity contribution is -0.189. The Kier molecular flexibility index (Phi) is 8.64. The number of aromatic nitrogens is 3. The number of alkyl halides is 3. The van der Waals surface area contributed by atoms with Crippen molar-refractivity contribution in [2.45, 2.75) is 83.5 Å². The van der Waals surface area contributed by atoms with Gasteiger partial charge in [0.05, 0.1) is 12.1 Å². The first-order valence-electron chi connectivity index (χ1n) is 12.2. The van der Waals surface area contributed by atoms with Gasteiger partial charge in [0.2, 0.25) is 5.91 Å². The third-order valence-corrected chi connectivity index (χ3v) is 8.65. The molecule has 0 unspecified atom stereocenters. The summed E-state index contributed by atoms with van der Waals surface area (Å²) in [5.74, 6) is 0.685. The summed E-state index contributed by atoms with van der Waals surface area (Å²) in [6, 6.07) is 0.240. The number of aryl methyl sites for hydroxylation is 1. The maximum atomic E-state index is 12.8. The summed E-state index contributed by atoms with van der Waals surface area (Å²) in [7, 11) is 0. The molecule has 7 nitrogen and oxygen atoms in total. The second-order valence-corrected chi connectivity index (χ2v) is 11.8. The molecule has 0 spiro atoms. The van der Waals surface area contributed by atoms with Crippen LogP contribution in [0, 0.1) is 12.8 Å². The summed E-state index contributed by atoms with van der Waals surface area (Å²) in [6.45, 7) is 5.66. The summed E-state index contributed by atoms with van der Waals surface area (Å²) in [5, 5.41) is 12.9. The van der Waals surface area contributed by atoms with E-state index in [1.807, 2.05) is 6.92 Å². The molecule has 12 heteroatoms. The van der Waals surface area contributed by atoms with E-state index in [0.29, 0.717) is 12.3 Å². The Labute approximate surface area is 211 Å². The van der Waals surface area contributed by atoms with Crippen molar-refractivity contribution in [2.75, 3.05) is 19.6 Å². The minimum absolute atomic E-state index is 0.0247. The van der Waals surface area contributed by atoms with Crippen LogP contribution in [0.15, 0.2) is 0 Å². The van der Waals surface area contributed by atoms with E-state index in [1.165, 1.54) is 22.7 Å². The number of carbonyl (C=O) groups excluding carboxylic acids is 1. The molecule has 35 heavy (non-hydrogen) atoms. The van der Waals surface area contributed by atoms with Crippen LogP contribution < -0.4 is 10.1 Å². The normalized spacial score (nSPS) is 22.3. The molecule has 0 radical (unpaired) electrons. The number of hydrogen-bond acceptors (Lipinski definition) is 8. The molecule has 0 saturated heterocycles. The highest BCUT2D eigenvalue weighted by Crippen LogP contribution is 2.32. The monoisotopic (exact) mass is 531 g/mol. The van der Waals surface area contributed by atoms with Crippen LogP contribution in [0.2, 0.25) is 0 Å². The van der Waals surface area contributed by atoms with E-state index < -0.39 is 12.3 Å². The van der Waals surface area contributed by atoms with E-state index in [-0.39, 0.29) is 17.1 Å². The summed E-state index contributed by atoms with van der Waals surface area (Å²) in [6.07, 6.45) is 0.969.